The highest BCUT2D eigenvalue weighted by Gasteiger charge is 2.22. The summed E-state index contributed by atoms with van der Waals surface area (Å²) in [7, 11) is 0. The highest BCUT2D eigenvalue weighted by atomic mass is 35.5. The van der Waals surface area contributed by atoms with Gasteiger partial charge in [-0.1, -0.05) is 23.7 Å². The quantitative estimate of drug-likeness (QED) is 0.366. The number of hydrogen-bond donors (Lipinski definition) is 1. The number of H-pyrrole nitrogens is 1. The van der Waals surface area contributed by atoms with Crippen LogP contribution in [-0.4, -0.2) is 22.4 Å². The summed E-state index contributed by atoms with van der Waals surface area (Å²) in [6, 6.07) is 11.4. The number of carbonyl (C=O) groups is 1. The minimum atomic E-state index is -0.459. The average molecular weight is 439 g/mol. The number of carbonyl (C=O) groups excluding carboxylic acids is 1. The van der Waals surface area contributed by atoms with E-state index in [0.29, 0.717) is 45.5 Å². The van der Waals surface area contributed by atoms with E-state index in [0.717, 1.165) is 10.9 Å². The van der Waals surface area contributed by atoms with Crippen LogP contribution in [0, 0.1) is 12.7 Å². The molecule has 2 aromatic carbocycles. The third-order valence-corrected chi connectivity index (χ3v) is 5.06. The Morgan fingerprint density at radius 2 is 2.00 bits per heavy atom. The van der Waals surface area contributed by atoms with Crippen LogP contribution in [0.3, 0.4) is 0 Å². The van der Waals surface area contributed by atoms with Gasteiger partial charge >= 0.3 is 0 Å². The lowest BCUT2D eigenvalue weighted by Gasteiger charge is -2.15. The molecule has 5 nitrogen and oxygen atoms in total. The lowest BCUT2D eigenvalue weighted by Crippen LogP contribution is -2.08. The number of nitrogens with zero attached hydrogens (tertiary/aromatic N) is 1. The van der Waals surface area contributed by atoms with Gasteiger partial charge in [-0.3, -0.25) is 4.79 Å². The maximum Gasteiger partial charge on any atom is 0.199 e. The number of fused-ring (bicyclic) bond motifs is 1. The number of pyridine rings is 1. The molecular formula is C24H20ClFN2O3. The number of ether oxygens (including phenoxy) is 2. The summed E-state index contributed by atoms with van der Waals surface area (Å²) in [5, 5.41) is 1.05. The minimum absolute atomic E-state index is 0.0308. The number of aryl methyl sites for hydroxylation is 1. The predicted octanol–water partition coefficient (Wildman–Crippen LogP) is 5.87. The van der Waals surface area contributed by atoms with E-state index in [4.69, 9.17) is 21.1 Å². The minimum Gasteiger partial charge on any atom is -0.489 e. The zero-order valence-corrected chi connectivity index (χ0v) is 17.8. The molecule has 0 unspecified atom stereocenters. The van der Waals surface area contributed by atoms with Crippen LogP contribution in [-0.2, 0) is 6.61 Å². The molecule has 0 spiro atoms. The molecule has 0 aliphatic heterocycles. The molecule has 0 aliphatic rings. The van der Waals surface area contributed by atoms with Gasteiger partial charge in [-0.25, -0.2) is 9.37 Å². The second-order valence-corrected chi connectivity index (χ2v) is 7.47. The van der Waals surface area contributed by atoms with Crippen LogP contribution >= 0.6 is 11.6 Å². The van der Waals surface area contributed by atoms with Gasteiger partial charge in [0, 0.05) is 33.9 Å². The molecule has 31 heavy (non-hydrogen) atoms. The predicted molar refractivity (Wildman–Crippen MR) is 118 cm³/mol. The van der Waals surface area contributed by atoms with Crippen molar-refractivity contribution in [1.29, 1.82) is 0 Å². The van der Waals surface area contributed by atoms with E-state index in [1.807, 2.05) is 19.9 Å². The van der Waals surface area contributed by atoms with Gasteiger partial charge in [-0.05, 0) is 49.7 Å². The molecular weight excluding hydrogens is 419 g/mol. The first-order chi connectivity index (χ1) is 15.0. The number of halogens is 2. The Bertz CT molecular complexity index is 1270. The van der Waals surface area contributed by atoms with Crippen LogP contribution in [0.5, 0.6) is 11.5 Å². The Kier molecular flexibility index (Phi) is 5.91. The van der Waals surface area contributed by atoms with Gasteiger partial charge in [0.15, 0.2) is 17.3 Å². The molecule has 4 aromatic rings. The molecule has 4 rings (SSSR count). The Balaban J connectivity index is 1.69. The molecule has 0 fully saturated rings. The van der Waals surface area contributed by atoms with Gasteiger partial charge in [0.2, 0.25) is 0 Å². The van der Waals surface area contributed by atoms with Crippen molar-refractivity contribution in [3.8, 4) is 11.5 Å². The maximum absolute atomic E-state index is 14.1. The first-order valence-electron chi connectivity index (χ1n) is 9.79. The Hall–Kier alpha value is -3.38. The third kappa shape index (κ3) is 4.25. The third-order valence-electron chi connectivity index (χ3n) is 4.82. The SMILES string of the molecule is CCOc1c(OCc2ccc(Cl)cc2F)cccc1C(=O)c1c[nH]c2ncc(C)cc12. The highest BCUT2D eigenvalue weighted by Crippen LogP contribution is 2.35. The van der Waals surface area contributed by atoms with Crippen molar-refractivity contribution >= 4 is 28.4 Å². The van der Waals surface area contributed by atoms with Crippen molar-refractivity contribution in [2.45, 2.75) is 20.5 Å². The lowest BCUT2D eigenvalue weighted by molar-refractivity contribution is 0.103. The van der Waals surface area contributed by atoms with E-state index in [2.05, 4.69) is 9.97 Å². The molecule has 0 amide bonds. The van der Waals surface area contributed by atoms with Gasteiger partial charge < -0.3 is 14.5 Å². The van der Waals surface area contributed by atoms with Crippen LogP contribution in [0.1, 0.15) is 34.0 Å². The topological polar surface area (TPSA) is 64.2 Å². The molecule has 0 saturated carbocycles. The molecule has 0 bridgehead atoms. The van der Waals surface area contributed by atoms with E-state index in [-0.39, 0.29) is 12.4 Å². The monoisotopic (exact) mass is 438 g/mol. The molecule has 7 heteroatoms. The number of rotatable bonds is 7. The number of aromatic nitrogens is 2. The van der Waals surface area contributed by atoms with E-state index in [9.17, 15) is 9.18 Å². The molecule has 0 aliphatic carbocycles. The van der Waals surface area contributed by atoms with Crippen LogP contribution in [0.2, 0.25) is 5.02 Å². The second-order valence-electron chi connectivity index (χ2n) is 7.03. The summed E-state index contributed by atoms with van der Waals surface area (Å²) >= 11 is 5.81. The summed E-state index contributed by atoms with van der Waals surface area (Å²) in [5.41, 5.74) is 2.79. The fourth-order valence-electron chi connectivity index (χ4n) is 3.34. The van der Waals surface area contributed by atoms with Crippen molar-refractivity contribution < 1.29 is 18.7 Å². The van der Waals surface area contributed by atoms with Crippen LogP contribution in [0.4, 0.5) is 4.39 Å². The van der Waals surface area contributed by atoms with E-state index in [1.165, 1.54) is 6.07 Å². The number of para-hydroxylation sites is 1. The molecule has 0 radical (unpaired) electrons. The van der Waals surface area contributed by atoms with Crippen LogP contribution < -0.4 is 9.47 Å². The van der Waals surface area contributed by atoms with Crippen LogP contribution in [0.15, 0.2) is 54.9 Å². The van der Waals surface area contributed by atoms with Crippen molar-refractivity contribution in [1.82, 2.24) is 9.97 Å². The van der Waals surface area contributed by atoms with Crippen LogP contribution in [0.25, 0.3) is 11.0 Å². The summed E-state index contributed by atoms with van der Waals surface area (Å²) in [6.45, 7) is 4.05. The second kappa shape index (κ2) is 8.78. The molecule has 1 N–H and O–H groups in total. The van der Waals surface area contributed by atoms with Gasteiger partial charge in [0.1, 0.15) is 18.1 Å². The molecule has 2 aromatic heterocycles. The van der Waals surface area contributed by atoms with Crippen molar-refractivity contribution in [3.05, 3.63) is 88.0 Å². The molecule has 2 heterocycles. The Morgan fingerprint density at radius 1 is 1.16 bits per heavy atom. The van der Waals surface area contributed by atoms with E-state index in [1.54, 1.807) is 42.7 Å². The Labute approximate surface area is 183 Å². The first-order valence-corrected chi connectivity index (χ1v) is 10.2. The summed E-state index contributed by atoms with van der Waals surface area (Å²) in [4.78, 5) is 20.7. The number of aromatic amines is 1. The zero-order chi connectivity index (χ0) is 22.0. The largest absolute Gasteiger partial charge is 0.489 e. The van der Waals surface area contributed by atoms with Crippen molar-refractivity contribution in [2.75, 3.05) is 6.61 Å². The van der Waals surface area contributed by atoms with E-state index >= 15 is 0 Å². The van der Waals surface area contributed by atoms with E-state index < -0.39 is 5.82 Å². The fourth-order valence-corrected chi connectivity index (χ4v) is 3.50. The number of benzene rings is 2. The van der Waals surface area contributed by atoms with Gasteiger partial charge in [-0.15, -0.1) is 0 Å². The summed E-state index contributed by atoms with van der Waals surface area (Å²) < 4.78 is 25.7. The molecule has 158 valence electrons. The summed E-state index contributed by atoms with van der Waals surface area (Å²) in [5.74, 6) is 0.0000995. The fraction of sp³-hybridized carbons (Fsp3) is 0.167. The van der Waals surface area contributed by atoms with Gasteiger partial charge in [-0.2, -0.15) is 0 Å². The normalized spacial score (nSPS) is 11.0. The van der Waals surface area contributed by atoms with Crippen molar-refractivity contribution in [2.24, 2.45) is 0 Å². The number of hydrogen-bond acceptors (Lipinski definition) is 4. The number of nitrogens with one attached hydrogen (secondary N) is 1. The standard InChI is InChI=1S/C24H20ClFN2O3/c1-3-30-23-17(22(29)19-12-28-24-18(19)9-14(2)11-27-24)5-4-6-21(23)31-13-15-7-8-16(25)10-20(15)26/h4-12H,3,13H2,1-2H3,(H,27,28). The van der Waals surface area contributed by atoms with Gasteiger partial charge in [0.25, 0.3) is 0 Å². The number of ketones is 1. The first kappa shape index (κ1) is 20.9. The maximum atomic E-state index is 14.1. The molecule has 0 saturated heterocycles. The molecule has 0 atom stereocenters. The van der Waals surface area contributed by atoms with Crippen molar-refractivity contribution in [3.63, 3.8) is 0 Å². The zero-order valence-electron chi connectivity index (χ0n) is 17.0. The van der Waals surface area contributed by atoms with Gasteiger partial charge in [0.05, 0.1) is 12.2 Å². The smallest absolute Gasteiger partial charge is 0.199 e. The highest BCUT2D eigenvalue weighted by molar-refractivity contribution is 6.30. The lowest BCUT2D eigenvalue weighted by atomic mass is 10.0. The Morgan fingerprint density at radius 3 is 2.77 bits per heavy atom. The average Bonchev–Trinajstić information content (AvgIpc) is 3.16. The summed E-state index contributed by atoms with van der Waals surface area (Å²) in [6.07, 6.45) is 3.38.